The Bertz CT molecular complexity index is 1620. The van der Waals surface area contributed by atoms with E-state index in [1.165, 1.54) is 16.8 Å². The van der Waals surface area contributed by atoms with Crippen molar-refractivity contribution in [3.8, 4) is 11.1 Å². The van der Waals surface area contributed by atoms with Crippen molar-refractivity contribution in [3.63, 3.8) is 0 Å². The number of carboxylic acids is 1. The van der Waals surface area contributed by atoms with Gasteiger partial charge in [0, 0.05) is 25.2 Å². The van der Waals surface area contributed by atoms with E-state index in [4.69, 9.17) is 5.73 Å². The minimum atomic E-state index is -2.99. The number of hydrogen-bond donors (Lipinski definition) is 3. The van der Waals surface area contributed by atoms with Crippen LogP contribution in [0.2, 0.25) is 0 Å². The van der Waals surface area contributed by atoms with Crippen molar-refractivity contribution in [2.24, 2.45) is 7.05 Å². The second-order valence-corrected chi connectivity index (χ2v) is 10.8. The molecule has 0 unspecified atom stereocenters. The van der Waals surface area contributed by atoms with Gasteiger partial charge in [0.15, 0.2) is 11.5 Å². The highest BCUT2D eigenvalue weighted by Crippen LogP contribution is 2.50. The Morgan fingerprint density at radius 2 is 1.74 bits per heavy atom. The van der Waals surface area contributed by atoms with E-state index in [1.807, 2.05) is 0 Å². The lowest BCUT2D eigenvalue weighted by atomic mass is 9.87. The number of fused-ring (bicyclic) bond motifs is 1. The summed E-state index contributed by atoms with van der Waals surface area (Å²) < 4.78 is 29.3. The molecule has 39 heavy (non-hydrogen) atoms. The van der Waals surface area contributed by atoms with Crippen LogP contribution < -0.4 is 11.1 Å². The topological polar surface area (TPSA) is 123 Å². The fourth-order valence-electron chi connectivity index (χ4n) is 4.78. The molecule has 2 aromatic carbocycles. The largest absolute Gasteiger partial charge is 0.481 e. The Labute approximate surface area is 223 Å². The summed E-state index contributed by atoms with van der Waals surface area (Å²) in [5.41, 5.74) is 7.32. The number of nitrogen functional groups attached to an aromatic ring is 1. The number of pyridine rings is 1. The van der Waals surface area contributed by atoms with E-state index in [0.717, 1.165) is 12.5 Å². The molecular weight excluding hydrogens is 504 g/mol. The molecule has 0 bridgehead atoms. The number of carbonyl (C=O) groups excluding carboxylic acids is 1. The minimum absolute atomic E-state index is 0.118. The monoisotopic (exact) mass is 533 g/mol. The molecule has 8 nitrogen and oxygen atoms in total. The third-order valence-corrected chi connectivity index (χ3v) is 7.56. The number of aromatic nitrogens is 3. The average Bonchev–Trinajstić information content (AvgIpc) is 3.65. The molecule has 2 heterocycles. The van der Waals surface area contributed by atoms with E-state index < -0.39 is 22.7 Å². The van der Waals surface area contributed by atoms with Crippen molar-refractivity contribution in [3.05, 3.63) is 71.4 Å². The van der Waals surface area contributed by atoms with Gasteiger partial charge >= 0.3 is 5.97 Å². The highest BCUT2D eigenvalue weighted by molar-refractivity contribution is 6.03. The van der Waals surface area contributed by atoms with Crippen LogP contribution in [0.3, 0.4) is 0 Å². The molecule has 2 aromatic heterocycles. The molecule has 202 valence electrons. The fourth-order valence-corrected chi connectivity index (χ4v) is 4.78. The van der Waals surface area contributed by atoms with Gasteiger partial charge in [0.25, 0.3) is 5.92 Å². The van der Waals surface area contributed by atoms with Crippen LogP contribution in [0.1, 0.15) is 50.4 Å². The van der Waals surface area contributed by atoms with Gasteiger partial charge in [-0.05, 0) is 67.6 Å². The minimum Gasteiger partial charge on any atom is -0.481 e. The number of benzene rings is 2. The first-order valence-corrected chi connectivity index (χ1v) is 12.5. The van der Waals surface area contributed by atoms with Crippen molar-refractivity contribution in [1.29, 1.82) is 0 Å². The molecule has 1 saturated carbocycles. The van der Waals surface area contributed by atoms with Crippen LogP contribution in [-0.2, 0) is 33.4 Å². The number of carboxylic acid groups (broad SMARTS) is 1. The van der Waals surface area contributed by atoms with Crippen LogP contribution in [0.5, 0.6) is 0 Å². The fraction of sp³-hybridized carbons (Fsp3) is 0.310. The first-order chi connectivity index (χ1) is 18.2. The van der Waals surface area contributed by atoms with Crippen molar-refractivity contribution in [1.82, 2.24) is 14.8 Å². The van der Waals surface area contributed by atoms with Gasteiger partial charge in [0.1, 0.15) is 5.41 Å². The lowest BCUT2D eigenvalue weighted by molar-refractivity contribution is -0.142. The molecule has 4 aromatic rings. The maximum atomic E-state index is 13.9. The summed E-state index contributed by atoms with van der Waals surface area (Å²) in [5, 5.41) is 17.6. The Hall–Kier alpha value is -4.34. The summed E-state index contributed by atoms with van der Waals surface area (Å²) in [6.07, 6.45) is 1.15. The van der Waals surface area contributed by atoms with E-state index in [-0.39, 0.29) is 17.3 Å². The first-order valence-electron chi connectivity index (χ1n) is 12.5. The molecule has 1 aliphatic carbocycles. The highest BCUT2D eigenvalue weighted by Gasteiger charge is 2.51. The number of hydrogen-bond acceptors (Lipinski definition) is 5. The summed E-state index contributed by atoms with van der Waals surface area (Å²) in [4.78, 5) is 29.7. The Morgan fingerprint density at radius 1 is 1.08 bits per heavy atom. The van der Waals surface area contributed by atoms with Crippen molar-refractivity contribution in [2.75, 3.05) is 11.1 Å². The zero-order chi connectivity index (χ0) is 28.3. The van der Waals surface area contributed by atoms with Gasteiger partial charge in [0.05, 0.1) is 16.5 Å². The maximum absolute atomic E-state index is 13.9. The summed E-state index contributed by atoms with van der Waals surface area (Å²) in [6, 6.07) is 14.8. The van der Waals surface area contributed by atoms with Crippen LogP contribution >= 0.6 is 0 Å². The number of amides is 1. The lowest BCUT2D eigenvalue weighted by Gasteiger charge is -2.20. The molecule has 5 rings (SSSR count). The third-order valence-electron chi connectivity index (χ3n) is 7.56. The second kappa shape index (κ2) is 8.86. The molecule has 1 aliphatic rings. The number of nitrogens with two attached hydrogens (primary N) is 1. The van der Waals surface area contributed by atoms with Gasteiger partial charge < -0.3 is 16.2 Å². The normalized spacial score (nSPS) is 14.8. The maximum Gasteiger partial charge on any atom is 0.315 e. The molecule has 0 aliphatic heterocycles. The summed E-state index contributed by atoms with van der Waals surface area (Å²) >= 11 is 0. The van der Waals surface area contributed by atoms with Crippen molar-refractivity contribution >= 4 is 34.4 Å². The Kier molecular flexibility index (Phi) is 5.97. The quantitative estimate of drug-likeness (QED) is 0.294. The molecule has 1 amide bonds. The Morgan fingerprint density at radius 3 is 2.33 bits per heavy atom. The van der Waals surface area contributed by atoms with E-state index in [2.05, 4.69) is 15.4 Å². The standard InChI is InChI=1S/C29H29F2N5O3/c1-27(2,26(38)39)21-15-20(22-23(32)35-36(4)24(22)34-21)16-8-10-19(11-9-16)33-25(37)29(12-13-29)18-7-5-6-17(14-18)28(3,30)31/h5-11,14-15H,12-13H2,1-4H3,(H2,32,35)(H,33,37)(H,38,39). The number of rotatable bonds is 7. The summed E-state index contributed by atoms with van der Waals surface area (Å²) in [5.74, 6) is -3.99. The van der Waals surface area contributed by atoms with Crippen LogP contribution in [0.25, 0.3) is 22.2 Å². The second-order valence-electron chi connectivity index (χ2n) is 10.8. The summed E-state index contributed by atoms with van der Waals surface area (Å²) in [7, 11) is 1.69. The molecular formula is C29H29F2N5O3. The number of alkyl halides is 2. The van der Waals surface area contributed by atoms with E-state index >= 15 is 0 Å². The van der Waals surface area contributed by atoms with Gasteiger partial charge in [-0.1, -0.05) is 30.3 Å². The van der Waals surface area contributed by atoms with Crippen molar-refractivity contribution < 1.29 is 23.5 Å². The number of carbonyl (C=O) groups is 2. The van der Waals surface area contributed by atoms with Gasteiger partial charge in [0.2, 0.25) is 5.91 Å². The highest BCUT2D eigenvalue weighted by atomic mass is 19.3. The van der Waals surface area contributed by atoms with Crippen LogP contribution in [-0.4, -0.2) is 31.7 Å². The number of aliphatic carboxylic acids is 1. The Balaban J connectivity index is 1.46. The predicted octanol–water partition coefficient (Wildman–Crippen LogP) is 5.36. The molecule has 0 saturated heterocycles. The zero-order valence-electron chi connectivity index (χ0n) is 22.0. The van der Waals surface area contributed by atoms with Crippen LogP contribution in [0.15, 0.2) is 54.6 Å². The number of halogens is 2. The summed E-state index contributed by atoms with van der Waals surface area (Å²) in [6.45, 7) is 4.00. The number of nitrogens with zero attached hydrogens (tertiary/aromatic N) is 3. The van der Waals surface area contributed by atoms with Crippen LogP contribution in [0.4, 0.5) is 20.3 Å². The molecule has 10 heteroatoms. The number of anilines is 2. The third kappa shape index (κ3) is 4.49. The molecule has 4 N–H and O–H groups in total. The van der Waals surface area contributed by atoms with Gasteiger partial charge in [-0.2, -0.15) is 5.10 Å². The van der Waals surface area contributed by atoms with Gasteiger partial charge in [-0.3, -0.25) is 9.59 Å². The molecule has 0 radical (unpaired) electrons. The molecule has 1 fully saturated rings. The van der Waals surface area contributed by atoms with E-state index in [1.54, 1.807) is 63.4 Å². The molecule has 0 spiro atoms. The SMILES string of the molecule is Cn1nc(N)c2c(-c3ccc(NC(=O)C4(c5cccc(C(C)(F)F)c5)CC4)cc3)cc(C(C)(C)C(=O)O)nc21. The van der Waals surface area contributed by atoms with Gasteiger partial charge in [-0.15, -0.1) is 0 Å². The predicted molar refractivity (Wildman–Crippen MR) is 145 cm³/mol. The van der Waals surface area contributed by atoms with Crippen molar-refractivity contribution in [2.45, 2.75) is 50.4 Å². The molecule has 0 atom stereocenters. The number of nitrogens with one attached hydrogen (secondary N) is 1. The van der Waals surface area contributed by atoms with Gasteiger partial charge in [-0.25, -0.2) is 18.4 Å². The first kappa shape index (κ1) is 26.3. The average molecular weight is 534 g/mol. The number of aryl methyl sites for hydroxylation is 1. The van der Waals surface area contributed by atoms with E-state index in [9.17, 15) is 23.5 Å². The lowest BCUT2D eigenvalue weighted by Crippen LogP contribution is -2.29. The van der Waals surface area contributed by atoms with Crippen LogP contribution in [0, 0.1) is 0 Å². The zero-order valence-corrected chi connectivity index (χ0v) is 22.0. The smallest absolute Gasteiger partial charge is 0.315 e. The van der Waals surface area contributed by atoms with E-state index in [0.29, 0.717) is 46.4 Å².